The molecule has 1 aliphatic carbocycles. The van der Waals surface area contributed by atoms with Gasteiger partial charge < -0.3 is 4.90 Å². The van der Waals surface area contributed by atoms with Gasteiger partial charge in [0.2, 0.25) is 0 Å². The van der Waals surface area contributed by atoms with Crippen molar-refractivity contribution in [3.63, 3.8) is 0 Å². The molecule has 1 aromatic carbocycles. The quantitative estimate of drug-likeness (QED) is 0.778. The number of aromatic nitrogens is 3. The number of nitrogens with zero attached hydrogens (tertiary/aromatic N) is 4. The predicted molar refractivity (Wildman–Crippen MR) is 103 cm³/mol. The Morgan fingerprint density at radius 1 is 1.19 bits per heavy atom. The molecule has 2 aromatic rings. The van der Waals surface area contributed by atoms with Crippen LogP contribution >= 0.6 is 0 Å². The van der Waals surface area contributed by atoms with Gasteiger partial charge in [-0.25, -0.2) is 18.1 Å². The minimum absolute atomic E-state index is 0.232. The largest absolute Gasteiger partial charge is 0.369 e. The summed E-state index contributed by atoms with van der Waals surface area (Å²) in [6, 6.07) is 8.29. The molecule has 2 fully saturated rings. The number of anilines is 1. The van der Waals surface area contributed by atoms with E-state index in [0.717, 1.165) is 42.3 Å². The zero-order chi connectivity index (χ0) is 18.1. The lowest BCUT2D eigenvalue weighted by Crippen LogP contribution is -2.40. The van der Waals surface area contributed by atoms with E-state index in [9.17, 15) is 8.42 Å². The van der Waals surface area contributed by atoms with Crippen LogP contribution in [-0.4, -0.2) is 47.8 Å². The molecule has 1 saturated carbocycles. The van der Waals surface area contributed by atoms with Gasteiger partial charge in [0.25, 0.3) is 0 Å². The van der Waals surface area contributed by atoms with Gasteiger partial charge in [0.15, 0.2) is 21.5 Å². The summed E-state index contributed by atoms with van der Waals surface area (Å²) < 4.78 is 25.4. The van der Waals surface area contributed by atoms with Crippen molar-refractivity contribution in [2.24, 2.45) is 0 Å². The summed E-state index contributed by atoms with van der Waals surface area (Å²) in [6.07, 6.45) is 4.60. The highest BCUT2D eigenvalue weighted by molar-refractivity contribution is 7.91. The molecule has 0 atom stereocenters. The molecule has 0 spiro atoms. The normalized spacial score (nSPS) is 19.7. The summed E-state index contributed by atoms with van der Waals surface area (Å²) >= 11 is 0. The Kier molecular flexibility index (Phi) is 4.73. The second-order valence-corrected chi connectivity index (χ2v) is 9.64. The molecule has 1 saturated heterocycles. The average molecular weight is 375 g/mol. The SMILES string of the molecule is CCCCn1nc(C2CC2)nc1-c1cccc(N2CCS(=O)(=O)CC2)c1. The highest BCUT2D eigenvalue weighted by atomic mass is 32.2. The first-order chi connectivity index (χ1) is 12.6. The highest BCUT2D eigenvalue weighted by Crippen LogP contribution is 2.39. The zero-order valence-corrected chi connectivity index (χ0v) is 16.1. The number of benzene rings is 1. The third-order valence-corrected chi connectivity index (χ3v) is 6.78. The van der Waals surface area contributed by atoms with Crippen LogP contribution in [0.25, 0.3) is 11.4 Å². The van der Waals surface area contributed by atoms with Crippen LogP contribution in [0.4, 0.5) is 5.69 Å². The third kappa shape index (κ3) is 3.77. The van der Waals surface area contributed by atoms with Gasteiger partial charge in [-0.15, -0.1) is 0 Å². The number of sulfone groups is 1. The molecule has 0 radical (unpaired) electrons. The molecule has 4 rings (SSSR count). The van der Waals surface area contributed by atoms with Crippen LogP contribution in [-0.2, 0) is 16.4 Å². The molecule has 2 aliphatic rings. The first-order valence-corrected chi connectivity index (χ1v) is 11.4. The summed E-state index contributed by atoms with van der Waals surface area (Å²) in [5.41, 5.74) is 2.13. The van der Waals surface area contributed by atoms with Crippen molar-refractivity contribution in [1.82, 2.24) is 14.8 Å². The average Bonchev–Trinajstić information content (AvgIpc) is 3.40. The molecule has 1 aliphatic heterocycles. The van der Waals surface area contributed by atoms with E-state index in [1.165, 1.54) is 12.8 Å². The molecule has 0 bridgehead atoms. The minimum Gasteiger partial charge on any atom is -0.369 e. The monoisotopic (exact) mass is 374 g/mol. The van der Waals surface area contributed by atoms with Crippen molar-refractivity contribution in [3.05, 3.63) is 30.1 Å². The molecule has 0 N–H and O–H groups in total. The molecule has 6 nitrogen and oxygen atoms in total. The lowest BCUT2D eigenvalue weighted by Gasteiger charge is -2.29. The van der Waals surface area contributed by atoms with Gasteiger partial charge in [-0.05, 0) is 31.4 Å². The van der Waals surface area contributed by atoms with Crippen molar-refractivity contribution >= 4 is 15.5 Å². The van der Waals surface area contributed by atoms with Crippen molar-refractivity contribution in [2.45, 2.75) is 45.1 Å². The van der Waals surface area contributed by atoms with Crippen LogP contribution in [0.15, 0.2) is 24.3 Å². The number of hydrogen-bond donors (Lipinski definition) is 0. The van der Waals surface area contributed by atoms with Crippen LogP contribution in [0.2, 0.25) is 0 Å². The Morgan fingerprint density at radius 3 is 2.65 bits per heavy atom. The fourth-order valence-electron chi connectivity index (χ4n) is 3.36. The lowest BCUT2D eigenvalue weighted by atomic mass is 10.1. The molecular formula is C19H26N4O2S. The van der Waals surface area contributed by atoms with Crippen LogP contribution in [0.1, 0.15) is 44.3 Å². The van der Waals surface area contributed by atoms with Gasteiger partial charge >= 0.3 is 0 Å². The topological polar surface area (TPSA) is 68.1 Å². The van der Waals surface area contributed by atoms with E-state index in [1.807, 2.05) is 6.07 Å². The summed E-state index contributed by atoms with van der Waals surface area (Å²) in [4.78, 5) is 6.99. The maximum Gasteiger partial charge on any atom is 0.158 e. The van der Waals surface area contributed by atoms with E-state index in [2.05, 4.69) is 34.7 Å². The molecule has 1 aromatic heterocycles. The molecule has 0 amide bonds. The van der Waals surface area contributed by atoms with Crippen molar-refractivity contribution in [2.75, 3.05) is 29.5 Å². The van der Waals surface area contributed by atoms with Gasteiger partial charge in [-0.1, -0.05) is 25.5 Å². The van der Waals surface area contributed by atoms with E-state index >= 15 is 0 Å². The second kappa shape index (κ2) is 7.02. The van der Waals surface area contributed by atoms with Gasteiger partial charge in [0.1, 0.15) is 0 Å². The first-order valence-electron chi connectivity index (χ1n) is 9.56. The molecule has 26 heavy (non-hydrogen) atoms. The first kappa shape index (κ1) is 17.5. The Bertz CT molecular complexity index is 873. The Hall–Kier alpha value is -1.89. The van der Waals surface area contributed by atoms with E-state index < -0.39 is 9.84 Å². The zero-order valence-electron chi connectivity index (χ0n) is 15.3. The molecule has 7 heteroatoms. The Balaban J connectivity index is 1.61. The maximum atomic E-state index is 11.7. The summed E-state index contributed by atoms with van der Waals surface area (Å²) in [7, 11) is -2.87. The highest BCUT2D eigenvalue weighted by Gasteiger charge is 2.29. The van der Waals surface area contributed by atoms with Crippen molar-refractivity contribution in [1.29, 1.82) is 0 Å². The number of hydrogen-bond acceptors (Lipinski definition) is 5. The van der Waals surface area contributed by atoms with Crippen LogP contribution in [0, 0.1) is 0 Å². The molecule has 140 valence electrons. The third-order valence-electron chi connectivity index (χ3n) is 5.17. The van der Waals surface area contributed by atoms with E-state index in [-0.39, 0.29) is 11.5 Å². The maximum absolute atomic E-state index is 11.7. The molecule has 0 unspecified atom stereocenters. The van der Waals surface area contributed by atoms with Gasteiger partial charge in [-0.2, -0.15) is 5.10 Å². The van der Waals surface area contributed by atoms with E-state index in [1.54, 1.807) is 0 Å². The van der Waals surface area contributed by atoms with Gasteiger partial charge in [0.05, 0.1) is 11.5 Å². The van der Waals surface area contributed by atoms with Gasteiger partial charge in [0, 0.05) is 36.8 Å². The second-order valence-electron chi connectivity index (χ2n) is 7.33. The smallest absolute Gasteiger partial charge is 0.158 e. The number of unbranched alkanes of at least 4 members (excludes halogenated alkanes) is 1. The summed E-state index contributed by atoms with van der Waals surface area (Å²) in [6.45, 7) is 4.18. The van der Waals surface area contributed by atoms with Crippen molar-refractivity contribution < 1.29 is 8.42 Å². The van der Waals surface area contributed by atoms with E-state index in [4.69, 9.17) is 10.1 Å². The molecular weight excluding hydrogens is 348 g/mol. The Labute approximate surface area is 155 Å². The van der Waals surface area contributed by atoms with Crippen LogP contribution in [0.5, 0.6) is 0 Å². The fraction of sp³-hybridized carbons (Fsp3) is 0.579. The molecule has 2 heterocycles. The van der Waals surface area contributed by atoms with Crippen LogP contribution < -0.4 is 4.90 Å². The van der Waals surface area contributed by atoms with Gasteiger partial charge in [-0.3, -0.25) is 0 Å². The fourth-order valence-corrected chi connectivity index (χ4v) is 4.56. The minimum atomic E-state index is -2.87. The van der Waals surface area contributed by atoms with E-state index in [0.29, 0.717) is 19.0 Å². The number of aryl methyl sites for hydroxylation is 1. The lowest BCUT2D eigenvalue weighted by molar-refractivity contribution is 0.570. The van der Waals surface area contributed by atoms with Crippen LogP contribution in [0.3, 0.4) is 0 Å². The standard InChI is InChI=1S/C19H26N4O2S/c1-2-3-9-23-19(20-18(21-23)15-7-8-15)16-5-4-6-17(14-16)22-10-12-26(24,25)13-11-22/h4-6,14-15H,2-3,7-13H2,1H3. The van der Waals surface area contributed by atoms with Crippen molar-refractivity contribution in [3.8, 4) is 11.4 Å². The summed E-state index contributed by atoms with van der Waals surface area (Å²) in [5.74, 6) is 2.91. The Morgan fingerprint density at radius 2 is 1.96 bits per heavy atom. The summed E-state index contributed by atoms with van der Waals surface area (Å²) in [5, 5.41) is 4.76. The predicted octanol–water partition coefficient (Wildman–Crippen LogP) is 2.86. The number of rotatable bonds is 6.